The zero-order valence-electron chi connectivity index (χ0n) is 15.5. The van der Waals surface area contributed by atoms with Gasteiger partial charge < -0.3 is 15.0 Å². The Hall–Kier alpha value is -2.70. The van der Waals surface area contributed by atoms with E-state index in [9.17, 15) is 9.18 Å². The Balaban J connectivity index is 1.42. The van der Waals surface area contributed by atoms with Crippen LogP contribution in [0.4, 0.5) is 9.18 Å². The second-order valence-corrected chi connectivity index (χ2v) is 6.80. The number of nitrogens with zero attached hydrogens (tertiary/aromatic N) is 3. The van der Waals surface area contributed by atoms with Crippen LogP contribution in [0.1, 0.15) is 17.5 Å². The molecule has 0 radical (unpaired) electrons. The van der Waals surface area contributed by atoms with E-state index >= 15 is 0 Å². The highest BCUT2D eigenvalue weighted by molar-refractivity contribution is 5.91. The number of rotatable bonds is 4. The molecule has 2 aliphatic heterocycles. The molecule has 1 N–H and O–H groups in total. The van der Waals surface area contributed by atoms with Crippen molar-refractivity contribution in [2.45, 2.75) is 26.1 Å². The minimum atomic E-state index is -1.10. The van der Waals surface area contributed by atoms with Gasteiger partial charge in [-0.05, 0) is 25.0 Å². The van der Waals surface area contributed by atoms with Gasteiger partial charge in [0.05, 0.1) is 13.1 Å². The number of aryl methyl sites for hydroxylation is 1. The summed E-state index contributed by atoms with van der Waals surface area (Å²) in [7, 11) is 0. The van der Waals surface area contributed by atoms with Crippen molar-refractivity contribution in [2.24, 2.45) is 15.9 Å². The molecule has 7 heteroatoms. The molecule has 0 aromatic heterocycles. The standard InChI is InChI=1S/C20H25FN4O2/c1-15-4-6-16(7-5-15)14-27-20(26)25-11-8-17(18(21)13-25)12-24-19-22-9-2-3-10-23-19/h2-7,9,17-18H,8,10-14H2,1H3,(H,23,24)/t17?,18-/m1/s1. The average molecular weight is 372 g/mol. The van der Waals surface area contributed by atoms with Crippen molar-refractivity contribution < 1.29 is 13.9 Å². The van der Waals surface area contributed by atoms with Crippen molar-refractivity contribution in [3.05, 3.63) is 47.5 Å². The van der Waals surface area contributed by atoms with E-state index in [1.165, 1.54) is 4.90 Å². The van der Waals surface area contributed by atoms with Gasteiger partial charge in [-0.3, -0.25) is 0 Å². The van der Waals surface area contributed by atoms with Crippen LogP contribution in [0.25, 0.3) is 0 Å². The van der Waals surface area contributed by atoms with Crippen LogP contribution in [0, 0.1) is 12.8 Å². The van der Waals surface area contributed by atoms with Crippen molar-refractivity contribution in [3.63, 3.8) is 0 Å². The minimum Gasteiger partial charge on any atom is -0.445 e. The fourth-order valence-corrected chi connectivity index (χ4v) is 3.01. The number of carbonyl (C=O) groups excluding carboxylic acids is 1. The zero-order chi connectivity index (χ0) is 19.1. The molecule has 0 aliphatic carbocycles. The van der Waals surface area contributed by atoms with Gasteiger partial charge in [-0.1, -0.05) is 35.9 Å². The fraction of sp³-hybridized carbons (Fsp3) is 0.450. The van der Waals surface area contributed by atoms with Crippen LogP contribution in [0.5, 0.6) is 0 Å². The maximum absolute atomic E-state index is 14.5. The van der Waals surface area contributed by atoms with Gasteiger partial charge in [0.2, 0.25) is 5.96 Å². The van der Waals surface area contributed by atoms with Crippen molar-refractivity contribution in [1.29, 1.82) is 0 Å². The van der Waals surface area contributed by atoms with E-state index in [4.69, 9.17) is 4.74 Å². The number of carbonyl (C=O) groups is 1. The van der Waals surface area contributed by atoms with Crippen LogP contribution in [0.2, 0.25) is 0 Å². The quantitative estimate of drug-likeness (QED) is 0.884. The number of piperidine rings is 1. The molecular weight excluding hydrogens is 347 g/mol. The summed E-state index contributed by atoms with van der Waals surface area (Å²) in [6.45, 7) is 3.74. The van der Waals surface area contributed by atoms with Crippen molar-refractivity contribution >= 4 is 18.3 Å². The maximum Gasteiger partial charge on any atom is 0.410 e. The highest BCUT2D eigenvalue weighted by Crippen LogP contribution is 2.21. The maximum atomic E-state index is 14.5. The number of hydrogen-bond acceptors (Lipinski definition) is 5. The molecule has 1 aromatic carbocycles. The lowest BCUT2D eigenvalue weighted by molar-refractivity contribution is 0.0526. The molecule has 1 amide bonds. The summed E-state index contributed by atoms with van der Waals surface area (Å²) in [6, 6.07) is 7.79. The molecule has 2 heterocycles. The van der Waals surface area contributed by atoms with Gasteiger partial charge in [-0.2, -0.15) is 0 Å². The lowest BCUT2D eigenvalue weighted by atomic mass is 9.95. The summed E-state index contributed by atoms with van der Waals surface area (Å²) in [5, 5.41) is 3.09. The first-order valence-electron chi connectivity index (χ1n) is 9.20. The fourth-order valence-electron chi connectivity index (χ4n) is 3.01. The van der Waals surface area contributed by atoms with E-state index in [0.29, 0.717) is 32.0 Å². The van der Waals surface area contributed by atoms with Crippen LogP contribution in [-0.4, -0.2) is 55.5 Å². The second kappa shape index (κ2) is 9.30. The van der Waals surface area contributed by atoms with Gasteiger partial charge >= 0.3 is 6.09 Å². The monoisotopic (exact) mass is 372 g/mol. The number of ether oxygens (including phenoxy) is 1. The number of guanidine groups is 1. The van der Waals surface area contributed by atoms with Gasteiger partial charge in [0.1, 0.15) is 12.8 Å². The van der Waals surface area contributed by atoms with Gasteiger partial charge in [-0.15, -0.1) is 0 Å². The van der Waals surface area contributed by atoms with Crippen LogP contribution in [0.15, 0.2) is 46.4 Å². The third kappa shape index (κ3) is 5.64. The Morgan fingerprint density at radius 2 is 2.19 bits per heavy atom. The van der Waals surface area contributed by atoms with Crippen LogP contribution >= 0.6 is 0 Å². The van der Waals surface area contributed by atoms with E-state index in [0.717, 1.165) is 11.1 Å². The molecule has 0 spiro atoms. The second-order valence-electron chi connectivity index (χ2n) is 6.80. The summed E-state index contributed by atoms with van der Waals surface area (Å²) in [5.74, 6) is 0.340. The predicted molar refractivity (Wildman–Crippen MR) is 104 cm³/mol. The van der Waals surface area contributed by atoms with Gasteiger partial charge in [0.25, 0.3) is 0 Å². The molecule has 6 nitrogen and oxygen atoms in total. The number of aliphatic imine (C=N–C) groups is 2. The molecule has 2 aliphatic rings. The van der Waals surface area contributed by atoms with E-state index in [1.807, 2.05) is 43.3 Å². The lowest BCUT2D eigenvalue weighted by Crippen LogP contribution is -2.48. The number of alkyl halides is 1. The van der Waals surface area contributed by atoms with E-state index in [-0.39, 0.29) is 19.1 Å². The number of hydrogen-bond donors (Lipinski definition) is 1. The van der Waals surface area contributed by atoms with Gasteiger partial charge in [-0.25, -0.2) is 19.2 Å². The predicted octanol–water partition coefficient (Wildman–Crippen LogP) is 2.88. The molecule has 1 unspecified atom stereocenters. The third-order valence-corrected chi connectivity index (χ3v) is 4.71. The molecule has 27 heavy (non-hydrogen) atoms. The van der Waals surface area contributed by atoms with Crippen molar-refractivity contribution in [3.8, 4) is 0 Å². The Morgan fingerprint density at radius 3 is 2.96 bits per heavy atom. The van der Waals surface area contributed by atoms with Crippen molar-refractivity contribution in [1.82, 2.24) is 10.2 Å². The Morgan fingerprint density at radius 1 is 1.37 bits per heavy atom. The first kappa shape index (κ1) is 19.1. The van der Waals surface area contributed by atoms with Gasteiger partial charge in [0, 0.05) is 25.2 Å². The summed E-state index contributed by atoms with van der Waals surface area (Å²) in [6.07, 6.45) is 4.40. The molecule has 1 saturated heterocycles. The summed E-state index contributed by atoms with van der Waals surface area (Å²) < 4.78 is 19.8. The average Bonchev–Trinajstić information content (AvgIpc) is 2.95. The Bertz CT molecular complexity index is 730. The summed E-state index contributed by atoms with van der Waals surface area (Å²) >= 11 is 0. The molecule has 0 saturated carbocycles. The zero-order valence-corrected chi connectivity index (χ0v) is 15.5. The SMILES string of the molecule is Cc1ccc(COC(=O)N2CCC(CNC3=NCC=CC=N3)[C@H](F)C2)cc1. The minimum absolute atomic E-state index is 0.0520. The number of amides is 1. The third-order valence-electron chi connectivity index (χ3n) is 4.71. The number of benzene rings is 1. The molecule has 2 atom stereocenters. The van der Waals surface area contributed by atoms with Crippen molar-refractivity contribution in [2.75, 3.05) is 26.2 Å². The highest BCUT2D eigenvalue weighted by atomic mass is 19.1. The first-order chi connectivity index (χ1) is 13.1. The van der Waals surface area contributed by atoms with E-state index < -0.39 is 12.3 Å². The Labute approximate surface area is 158 Å². The topological polar surface area (TPSA) is 66.3 Å². The van der Waals surface area contributed by atoms with Crippen LogP contribution in [-0.2, 0) is 11.3 Å². The molecule has 0 bridgehead atoms. The number of halogens is 1. The first-order valence-corrected chi connectivity index (χ1v) is 9.20. The molecule has 1 aromatic rings. The molecular formula is C20H25FN4O2. The smallest absolute Gasteiger partial charge is 0.410 e. The van der Waals surface area contributed by atoms with E-state index in [2.05, 4.69) is 15.3 Å². The number of likely N-dealkylation sites (tertiary alicyclic amines) is 1. The van der Waals surface area contributed by atoms with E-state index in [1.54, 1.807) is 6.21 Å². The molecule has 1 fully saturated rings. The Kier molecular flexibility index (Phi) is 6.57. The number of allylic oxidation sites excluding steroid dienone is 1. The summed E-state index contributed by atoms with van der Waals surface area (Å²) in [5.41, 5.74) is 2.07. The summed E-state index contributed by atoms with van der Waals surface area (Å²) in [4.78, 5) is 22.1. The lowest BCUT2D eigenvalue weighted by Gasteiger charge is -2.34. The molecule has 3 rings (SSSR count). The highest BCUT2D eigenvalue weighted by Gasteiger charge is 2.32. The largest absolute Gasteiger partial charge is 0.445 e. The van der Waals surface area contributed by atoms with Crippen LogP contribution < -0.4 is 5.32 Å². The van der Waals surface area contributed by atoms with Gasteiger partial charge in [0.15, 0.2) is 0 Å². The normalized spacial score (nSPS) is 22.1. The van der Waals surface area contributed by atoms with Crippen LogP contribution in [0.3, 0.4) is 0 Å². The molecule has 144 valence electrons. The number of nitrogens with one attached hydrogen (secondary N) is 1.